The Kier molecular flexibility index (Phi) is 5.37. The third-order valence-electron chi connectivity index (χ3n) is 2.83. The maximum atomic E-state index is 12.3. The quantitative estimate of drug-likeness (QED) is 0.790. The number of carbonyl (C=O) groups is 2. The summed E-state index contributed by atoms with van der Waals surface area (Å²) in [6.07, 6.45) is 0.719. The standard InChI is InChI=1S/C14H20N2O4/c1-4-7-16(9-13(19)15(2)3)14(20)10-5-6-11(17)12(18)8-10/h5-6,8,17-18H,4,7,9H2,1-3H3. The SMILES string of the molecule is CCCN(CC(=O)N(C)C)C(=O)c1ccc(O)c(O)c1. The van der Waals surface area contributed by atoms with Crippen LogP contribution in [0.3, 0.4) is 0 Å². The van der Waals surface area contributed by atoms with Gasteiger partial charge in [0.05, 0.1) is 0 Å². The Balaban J connectivity index is 2.92. The van der Waals surface area contributed by atoms with Crippen molar-refractivity contribution in [1.29, 1.82) is 0 Å². The number of likely N-dealkylation sites (N-methyl/N-ethyl adjacent to an activating group) is 1. The molecule has 110 valence electrons. The van der Waals surface area contributed by atoms with Gasteiger partial charge in [-0.2, -0.15) is 0 Å². The average molecular weight is 280 g/mol. The van der Waals surface area contributed by atoms with E-state index in [9.17, 15) is 19.8 Å². The highest BCUT2D eigenvalue weighted by Crippen LogP contribution is 2.25. The fraction of sp³-hybridized carbons (Fsp3) is 0.429. The Morgan fingerprint density at radius 3 is 2.30 bits per heavy atom. The molecular formula is C14H20N2O4. The number of rotatable bonds is 5. The first-order chi connectivity index (χ1) is 9.36. The van der Waals surface area contributed by atoms with Crippen molar-refractivity contribution in [3.05, 3.63) is 23.8 Å². The molecule has 0 atom stereocenters. The second-order valence-electron chi connectivity index (χ2n) is 4.72. The van der Waals surface area contributed by atoms with Crippen LogP contribution in [0.25, 0.3) is 0 Å². The van der Waals surface area contributed by atoms with Crippen molar-refractivity contribution in [2.75, 3.05) is 27.2 Å². The van der Waals surface area contributed by atoms with E-state index in [1.54, 1.807) is 14.1 Å². The summed E-state index contributed by atoms with van der Waals surface area (Å²) in [5, 5.41) is 18.7. The van der Waals surface area contributed by atoms with Crippen LogP contribution < -0.4 is 0 Å². The molecule has 0 aromatic heterocycles. The summed E-state index contributed by atoms with van der Waals surface area (Å²) in [4.78, 5) is 26.9. The van der Waals surface area contributed by atoms with Crippen molar-refractivity contribution in [1.82, 2.24) is 9.80 Å². The molecule has 0 spiro atoms. The lowest BCUT2D eigenvalue weighted by Crippen LogP contribution is -2.40. The maximum Gasteiger partial charge on any atom is 0.254 e. The Hall–Kier alpha value is -2.24. The Bertz CT molecular complexity index is 500. The van der Waals surface area contributed by atoms with Gasteiger partial charge in [-0.15, -0.1) is 0 Å². The molecule has 0 fully saturated rings. The van der Waals surface area contributed by atoms with Crippen LogP contribution in [0.15, 0.2) is 18.2 Å². The lowest BCUT2D eigenvalue weighted by atomic mass is 10.1. The molecular weight excluding hydrogens is 260 g/mol. The van der Waals surface area contributed by atoms with E-state index in [1.807, 2.05) is 6.92 Å². The monoisotopic (exact) mass is 280 g/mol. The van der Waals surface area contributed by atoms with Gasteiger partial charge in [-0.3, -0.25) is 9.59 Å². The van der Waals surface area contributed by atoms with E-state index in [0.717, 1.165) is 6.42 Å². The van der Waals surface area contributed by atoms with Gasteiger partial charge in [0.25, 0.3) is 5.91 Å². The Morgan fingerprint density at radius 2 is 1.80 bits per heavy atom. The first kappa shape index (κ1) is 15.8. The van der Waals surface area contributed by atoms with Gasteiger partial charge in [-0.05, 0) is 24.6 Å². The van der Waals surface area contributed by atoms with Crippen LogP contribution in [0.1, 0.15) is 23.7 Å². The molecule has 20 heavy (non-hydrogen) atoms. The lowest BCUT2D eigenvalue weighted by molar-refractivity contribution is -0.129. The zero-order chi connectivity index (χ0) is 15.3. The van der Waals surface area contributed by atoms with Crippen molar-refractivity contribution in [2.24, 2.45) is 0 Å². The van der Waals surface area contributed by atoms with Crippen molar-refractivity contribution in [3.63, 3.8) is 0 Å². The summed E-state index contributed by atoms with van der Waals surface area (Å²) in [5.41, 5.74) is 0.236. The summed E-state index contributed by atoms with van der Waals surface area (Å²) in [6, 6.07) is 3.86. The van der Waals surface area contributed by atoms with Crippen LogP contribution in [-0.2, 0) is 4.79 Å². The molecule has 0 heterocycles. The number of phenols is 2. The highest BCUT2D eigenvalue weighted by molar-refractivity contribution is 5.97. The van der Waals surface area contributed by atoms with Gasteiger partial charge in [-0.1, -0.05) is 6.92 Å². The minimum absolute atomic E-state index is 0.0126. The van der Waals surface area contributed by atoms with E-state index in [4.69, 9.17) is 0 Å². The first-order valence-corrected chi connectivity index (χ1v) is 6.38. The van der Waals surface area contributed by atoms with Gasteiger partial charge in [0.2, 0.25) is 5.91 Å². The van der Waals surface area contributed by atoms with Gasteiger partial charge in [0, 0.05) is 26.2 Å². The van der Waals surface area contributed by atoms with Crippen molar-refractivity contribution < 1.29 is 19.8 Å². The van der Waals surface area contributed by atoms with Crippen LogP contribution in [0.2, 0.25) is 0 Å². The van der Waals surface area contributed by atoms with E-state index in [0.29, 0.717) is 6.54 Å². The number of benzene rings is 1. The molecule has 2 N–H and O–H groups in total. The number of phenolic OH excluding ortho intramolecular Hbond substituents is 2. The van der Waals surface area contributed by atoms with Crippen LogP contribution >= 0.6 is 0 Å². The molecule has 0 aliphatic carbocycles. The van der Waals surface area contributed by atoms with Crippen LogP contribution in [0, 0.1) is 0 Å². The minimum atomic E-state index is -0.355. The largest absolute Gasteiger partial charge is 0.504 e. The Morgan fingerprint density at radius 1 is 1.15 bits per heavy atom. The zero-order valence-electron chi connectivity index (χ0n) is 12.0. The highest BCUT2D eigenvalue weighted by Gasteiger charge is 2.19. The van der Waals surface area contributed by atoms with Gasteiger partial charge < -0.3 is 20.0 Å². The second kappa shape index (κ2) is 6.79. The molecule has 0 aliphatic heterocycles. The molecule has 1 rings (SSSR count). The third kappa shape index (κ3) is 3.88. The van der Waals surface area contributed by atoms with Gasteiger partial charge in [0.1, 0.15) is 6.54 Å². The average Bonchev–Trinajstić information content (AvgIpc) is 2.40. The van der Waals surface area contributed by atoms with Gasteiger partial charge in [-0.25, -0.2) is 0 Å². The molecule has 0 radical (unpaired) electrons. The minimum Gasteiger partial charge on any atom is -0.504 e. The number of aromatic hydroxyl groups is 2. The van der Waals surface area contributed by atoms with E-state index >= 15 is 0 Å². The smallest absolute Gasteiger partial charge is 0.254 e. The number of hydrogen-bond donors (Lipinski definition) is 2. The fourth-order valence-corrected chi connectivity index (χ4v) is 1.67. The van der Waals surface area contributed by atoms with Crippen molar-refractivity contribution in [3.8, 4) is 11.5 Å². The van der Waals surface area contributed by atoms with E-state index in [1.165, 1.54) is 28.0 Å². The molecule has 0 saturated heterocycles. The fourth-order valence-electron chi connectivity index (χ4n) is 1.67. The van der Waals surface area contributed by atoms with Crippen molar-refractivity contribution in [2.45, 2.75) is 13.3 Å². The lowest BCUT2D eigenvalue weighted by Gasteiger charge is -2.23. The number of carbonyl (C=O) groups excluding carboxylic acids is 2. The van der Waals surface area contributed by atoms with Crippen LogP contribution in [0.4, 0.5) is 0 Å². The second-order valence-corrected chi connectivity index (χ2v) is 4.72. The molecule has 0 saturated carbocycles. The van der Waals surface area contributed by atoms with Gasteiger partial charge >= 0.3 is 0 Å². The maximum absolute atomic E-state index is 12.3. The molecule has 2 amide bonds. The van der Waals surface area contributed by atoms with E-state index in [2.05, 4.69) is 0 Å². The molecule has 6 heteroatoms. The summed E-state index contributed by atoms with van der Waals surface area (Å²) in [6.45, 7) is 2.34. The molecule has 0 aliphatic rings. The molecule has 1 aromatic rings. The summed E-state index contributed by atoms with van der Waals surface area (Å²) in [5.74, 6) is -1.16. The predicted molar refractivity (Wildman–Crippen MR) is 74.7 cm³/mol. The number of amides is 2. The van der Waals surface area contributed by atoms with Crippen molar-refractivity contribution >= 4 is 11.8 Å². The van der Waals surface area contributed by atoms with Crippen LogP contribution in [-0.4, -0.2) is 59.0 Å². The topological polar surface area (TPSA) is 81.1 Å². The highest BCUT2D eigenvalue weighted by atomic mass is 16.3. The van der Waals surface area contributed by atoms with E-state index in [-0.39, 0.29) is 35.4 Å². The summed E-state index contributed by atoms with van der Waals surface area (Å²) in [7, 11) is 3.26. The molecule has 6 nitrogen and oxygen atoms in total. The number of hydrogen-bond acceptors (Lipinski definition) is 4. The Labute approximate surface area is 118 Å². The zero-order valence-corrected chi connectivity index (χ0v) is 12.0. The summed E-state index contributed by atoms with van der Waals surface area (Å²) < 4.78 is 0. The third-order valence-corrected chi connectivity index (χ3v) is 2.83. The number of nitrogens with zero attached hydrogens (tertiary/aromatic N) is 2. The summed E-state index contributed by atoms with van der Waals surface area (Å²) >= 11 is 0. The molecule has 1 aromatic carbocycles. The first-order valence-electron chi connectivity index (χ1n) is 6.38. The van der Waals surface area contributed by atoms with E-state index < -0.39 is 0 Å². The molecule has 0 unspecified atom stereocenters. The van der Waals surface area contributed by atoms with Gasteiger partial charge in [0.15, 0.2) is 11.5 Å². The molecule has 0 bridgehead atoms. The predicted octanol–water partition coefficient (Wildman–Crippen LogP) is 1.04. The van der Waals surface area contributed by atoms with Crippen LogP contribution in [0.5, 0.6) is 11.5 Å². The normalized spacial score (nSPS) is 10.2.